The fraction of sp³-hybridized carbons (Fsp3) is 0.529. The van der Waals surface area contributed by atoms with Crippen molar-refractivity contribution in [1.29, 1.82) is 0 Å². The fourth-order valence-electron chi connectivity index (χ4n) is 3.39. The summed E-state index contributed by atoms with van der Waals surface area (Å²) in [4.78, 5) is 12.3. The molecule has 0 saturated heterocycles. The van der Waals surface area contributed by atoms with Crippen LogP contribution in [0, 0.1) is 12.3 Å². The summed E-state index contributed by atoms with van der Waals surface area (Å²) >= 11 is 0. The molecule has 0 bridgehead atoms. The Morgan fingerprint density at radius 2 is 2.10 bits per heavy atom. The Balaban J connectivity index is 1.90. The molecule has 21 heavy (non-hydrogen) atoms. The zero-order valence-electron chi connectivity index (χ0n) is 13.3. The molecule has 0 radical (unpaired) electrons. The number of aromatic nitrogens is 3. The molecule has 0 aliphatic heterocycles. The Hall–Kier alpha value is -1.84. The van der Waals surface area contributed by atoms with Gasteiger partial charge in [-0.05, 0) is 30.9 Å². The van der Waals surface area contributed by atoms with Crippen LogP contribution < -0.4 is 0 Å². The van der Waals surface area contributed by atoms with Gasteiger partial charge < -0.3 is 4.57 Å². The van der Waals surface area contributed by atoms with E-state index >= 15 is 0 Å². The van der Waals surface area contributed by atoms with Gasteiger partial charge in [0.05, 0.1) is 0 Å². The molecular weight excluding hydrogens is 262 g/mol. The summed E-state index contributed by atoms with van der Waals surface area (Å²) in [6, 6.07) is 4.12. The molecule has 2 heterocycles. The summed E-state index contributed by atoms with van der Waals surface area (Å²) in [6.45, 7) is 7.37. The van der Waals surface area contributed by atoms with Crippen LogP contribution in [0.15, 0.2) is 18.3 Å². The van der Waals surface area contributed by atoms with Gasteiger partial charge in [0.25, 0.3) is 0 Å². The predicted octanol–water partition coefficient (Wildman–Crippen LogP) is 2.93. The molecule has 1 aliphatic carbocycles. The summed E-state index contributed by atoms with van der Waals surface area (Å²) in [5.74, 6) is 0.295. The van der Waals surface area contributed by atoms with Gasteiger partial charge in [-0.2, -0.15) is 5.10 Å². The van der Waals surface area contributed by atoms with Crippen LogP contribution in [-0.4, -0.2) is 20.1 Å². The monoisotopic (exact) mass is 285 g/mol. The first-order valence-corrected chi connectivity index (χ1v) is 7.56. The lowest BCUT2D eigenvalue weighted by Crippen LogP contribution is -2.28. The minimum absolute atomic E-state index is 0.0686. The second kappa shape index (κ2) is 4.86. The van der Waals surface area contributed by atoms with E-state index < -0.39 is 0 Å². The average molecular weight is 285 g/mol. The highest BCUT2D eigenvalue weighted by atomic mass is 16.1. The number of carbonyl (C=O) groups excluding carboxylic acids is 1. The second-order valence-corrected chi connectivity index (χ2v) is 6.93. The third kappa shape index (κ3) is 2.55. The quantitative estimate of drug-likeness (QED) is 0.870. The van der Waals surface area contributed by atoms with Crippen molar-refractivity contribution in [3.05, 3.63) is 41.0 Å². The normalized spacial score (nSPS) is 17.0. The van der Waals surface area contributed by atoms with Gasteiger partial charge in [0, 0.05) is 55.3 Å². The lowest BCUT2D eigenvalue weighted by Gasteiger charge is -2.30. The zero-order valence-corrected chi connectivity index (χ0v) is 13.3. The van der Waals surface area contributed by atoms with Gasteiger partial charge in [0.1, 0.15) is 0 Å². The van der Waals surface area contributed by atoms with E-state index in [1.807, 2.05) is 17.9 Å². The molecule has 4 heteroatoms. The number of nitrogens with zero attached hydrogens (tertiary/aromatic N) is 3. The Bertz CT molecular complexity index is 691. The van der Waals surface area contributed by atoms with Crippen molar-refractivity contribution in [3.8, 4) is 0 Å². The van der Waals surface area contributed by atoms with E-state index in [1.54, 1.807) is 0 Å². The van der Waals surface area contributed by atoms with E-state index in [2.05, 4.69) is 42.6 Å². The number of carbonyl (C=O) groups is 1. The number of fused-ring (bicyclic) bond motifs is 1. The van der Waals surface area contributed by atoms with Crippen LogP contribution in [0.3, 0.4) is 0 Å². The number of aryl methyl sites for hydroxylation is 3. The summed E-state index contributed by atoms with van der Waals surface area (Å²) < 4.78 is 4.24. The van der Waals surface area contributed by atoms with Crippen LogP contribution in [0.2, 0.25) is 0 Å². The van der Waals surface area contributed by atoms with Crippen molar-refractivity contribution in [1.82, 2.24) is 14.3 Å². The first-order chi connectivity index (χ1) is 9.87. The van der Waals surface area contributed by atoms with Crippen LogP contribution in [-0.2, 0) is 26.4 Å². The minimum Gasteiger partial charge on any atom is -0.348 e. The third-order valence-corrected chi connectivity index (χ3v) is 4.52. The van der Waals surface area contributed by atoms with Crippen molar-refractivity contribution in [2.75, 3.05) is 0 Å². The zero-order chi connectivity index (χ0) is 15.2. The highest BCUT2D eigenvalue weighted by Crippen LogP contribution is 2.36. The number of Topliss-reactive ketones (excluding diaryl/α,β-unsaturated/α-hetero) is 1. The molecule has 4 nitrogen and oxygen atoms in total. The summed E-state index contributed by atoms with van der Waals surface area (Å²) in [5, 5.41) is 4.21. The molecule has 0 saturated carbocycles. The predicted molar refractivity (Wildman–Crippen MR) is 82.5 cm³/mol. The first-order valence-electron chi connectivity index (χ1n) is 7.56. The molecule has 0 aromatic carbocycles. The molecule has 112 valence electrons. The van der Waals surface area contributed by atoms with Gasteiger partial charge in [0.2, 0.25) is 0 Å². The molecule has 0 atom stereocenters. The maximum Gasteiger partial charge on any atom is 0.165 e. The van der Waals surface area contributed by atoms with E-state index in [-0.39, 0.29) is 5.41 Å². The minimum atomic E-state index is 0.0686. The van der Waals surface area contributed by atoms with Crippen LogP contribution in [0.5, 0.6) is 0 Å². The van der Waals surface area contributed by atoms with Crippen molar-refractivity contribution < 1.29 is 4.79 Å². The number of hydrogen-bond acceptors (Lipinski definition) is 2. The molecule has 0 amide bonds. The highest BCUT2D eigenvalue weighted by Gasteiger charge is 2.33. The molecule has 1 aliphatic rings. The maximum absolute atomic E-state index is 12.3. The van der Waals surface area contributed by atoms with Gasteiger partial charge in [-0.25, -0.2) is 0 Å². The van der Waals surface area contributed by atoms with Crippen LogP contribution in [0.4, 0.5) is 0 Å². The van der Waals surface area contributed by atoms with Gasteiger partial charge in [0.15, 0.2) is 5.78 Å². The molecular formula is C17H23N3O. The number of hydrogen-bond donors (Lipinski definition) is 0. The van der Waals surface area contributed by atoms with Gasteiger partial charge in [-0.1, -0.05) is 13.8 Å². The largest absolute Gasteiger partial charge is 0.348 e. The maximum atomic E-state index is 12.3. The number of rotatable bonds is 3. The Morgan fingerprint density at radius 3 is 2.76 bits per heavy atom. The molecule has 0 fully saturated rings. The fourth-order valence-corrected chi connectivity index (χ4v) is 3.39. The Kier molecular flexibility index (Phi) is 3.27. The van der Waals surface area contributed by atoms with Crippen molar-refractivity contribution in [2.24, 2.45) is 12.5 Å². The van der Waals surface area contributed by atoms with E-state index in [1.165, 1.54) is 17.1 Å². The molecule has 0 N–H and O–H groups in total. The van der Waals surface area contributed by atoms with Gasteiger partial charge >= 0.3 is 0 Å². The Morgan fingerprint density at radius 1 is 1.33 bits per heavy atom. The first kappa shape index (κ1) is 14.1. The van der Waals surface area contributed by atoms with Crippen LogP contribution >= 0.6 is 0 Å². The van der Waals surface area contributed by atoms with Crippen molar-refractivity contribution in [3.63, 3.8) is 0 Å². The van der Waals surface area contributed by atoms with Crippen LogP contribution in [0.1, 0.15) is 47.7 Å². The third-order valence-electron chi connectivity index (χ3n) is 4.52. The lowest BCUT2D eigenvalue weighted by atomic mass is 9.76. The molecule has 3 rings (SSSR count). The van der Waals surface area contributed by atoms with E-state index in [0.29, 0.717) is 12.2 Å². The molecule has 2 aromatic rings. The van der Waals surface area contributed by atoms with E-state index in [4.69, 9.17) is 0 Å². The van der Waals surface area contributed by atoms with Crippen molar-refractivity contribution in [2.45, 2.75) is 46.6 Å². The molecule has 2 aromatic heterocycles. The standard InChI is InChI=1S/C17H23N3O/c1-12-9-14-15(10-17(2,3)11-16(14)21)20(12)8-6-13-5-7-18-19(13)4/h5,7,9H,6,8,10-11H2,1-4H3. The highest BCUT2D eigenvalue weighted by molar-refractivity contribution is 5.99. The smallest absolute Gasteiger partial charge is 0.165 e. The summed E-state index contributed by atoms with van der Waals surface area (Å²) in [7, 11) is 1.97. The van der Waals surface area contributed by atoms with Gasteiger partial charge in [-0.15, -0.1) is 0 Å². The van der Waals surface area contributed by atoms with Crippen LogP contribution in [0.25, 0.3) is 0 Å². The van der Waals surface area contributed by atoms with Gasteiger partial charge in [-0.3, -0.25) is 9.48 Å². The second-order valence-electron chi connectivity index (χ2n) is 6.93. The lowest BCUT2D eigenvalue weighted by molar-refractivity contribution is 0.0910. The van der Waals surface area contributed by atoms with E-state index in [9.17, 15) is 4.79 Å². The SMILES string of the molecule is Cc1cc2c(n1CCc1ccnn1C)CC(C)(C)CC2=O. The summed E-state index contributed by atoms with van der Waals surface area (Å²) in [5.41, 5.74) is 4.64. The Labute approximate surface area is 125 Å². The molecule has 0 unspecified atom stereocenters. The average Bonchev–Trinajstić information content (AvgIpc) is 2.90. The topological polar surface area (TPSA) is 39.8 Å². The molecule has 0 spiro atoms. The summed E-state index contributed by atoms with van der Waals surface area (Å²) in [6.07, 6.45) is 4.41. The van der Waals surface area contributed by atoms with Crippen molar-refractivity contribution >= 4 is 5.78 Å². The number of ketones is 1. The van der Waals surface area contributed by atoms with E-state index in [0.717, 1.165) is 24.9 Å².